The van der Waals surface area contributed by atoms with Crippen molar-refractivity contribution in [2.75, 3.05) is 52.1 Å². The minimum Gasteiger partial charge on any atom is -0.356 e. The van der Waals surface area contributed by atoms with Crippen molar-refractivity contribution in [2.24, 2.45) is 4.99 Å². The van der Waals surface area contributed by atoms with Gasteiger partial charge >= 0.3 is 0 Å². The minimum atomic E-state index is 0.764. The number of aliphatic imine (C=N–C) groups is 1. The highest BCUT2D eigenvalue weighted by molar-refractivity contribution is 8.00. The average Bonchev–Trinajstić information content (AvgIpc) is 2.54. The number of rotatable bonds is 8. The molecule has 1 unspecified atom stereocenters. The lowest BCUT2D eigenvalue weighted by Gasteiger charge is -2.34. The molecule has 1 fully saturated rings. The Morgan fingerprint density at radius 1 is 1.29 bits per heavy atom. The molecule has 0 radical (unpaired) electrons. The van der Waals surface area contributed by atoms with E-state index in [1.54, 1.807) is 0 Å². The molecule has 4 nitrogen and oxygen atoms in total. The molecule has 1 aliphatic rings. The maximum Gasteiger partial charge on any atom is 0.193 e. The Hall–Kier alpha value is -0.420. The second kappa shape index (κ2) is 11.2. The number of nitrogens with one attached hydrogen (secondary N) is 1. The first-order valence-electron chi connectivity index (χ1n) is 8.54. The highest BCUT2D eigenvalue weighted by Gasteiger charge is 2.21. The normalized spacial score (nSPS) is 20.1. The molecule has 0 aromatic rings. The van der Waals surface area contributed by atoms with Gasteiger partial charge in [-0.2, -0.15) is 11.8 Å². The van der Waals surface area contributed by atoms with Gasteiger partial charge in [-0.05, 0) is 38.9 Å². The van der Waals surface area contributed by atoms with Crippen molar-refractivity contribution in [3.63, 3.8) is 0 Å². The second-order valence-corrected chi connectivity index (χ2v) is 6.96. The summed E-state index contributed by atoms with van der Waals surface area (Å²) in [5.41, 5.74) is 0. The van der Waals surface area contributed by atoms with E-state index < -0.39 is 0 Å². The number of unbranched alkanes of at least 4 members (excludes halogenated alkanes) is 1. The van der Waals surface area contributed by atoms with E-state index in [4.69, 9.17) is 0 Å². The number of hydrogen-bond donors (Lipinski definition) is 1. The summed E-state index contributed by atoms with van der Waals surface area (Å²) in [7, 11) is 1.90. The largest absolute Gasteiger partial charge is 0.356 e. The maximum absolute atomic E-state index is 4.46. The molecule has 1 aliphatic heterocycles. The zero-order chi connectivity index (χ0) is 15.5. The Morgan fingerprint density at radius 2 is 2.05 bits per heavy atom. The Bertz CT molecular complexity index is 292. The monoisotopic (exact) mass is 314 g/mol. The van der Waals surface area contributed by atoms with Crippen molar-refractivity contribution in [3.05, 3.63) is 0 Å². The predicted molar refractivity (Wildman–Crippen MR) is 96.5 cm³/mol. The average molecular weight is 315 g/mol. The van der Waals surface area contributed by atoms with Crippen LogP contribution in [0.3, 0.4) is 0 Å². The van der Waals surface area contributed by atoms with Crippen LogP contribution < -0.4 is 5.32 Å². The van der Waals surface area contributed by atoms with Gasteiger partial charge in [-0.3, -0.25) is 4.99 Å². The molecule has 1 saturated heterocycles. The Balaban J connectivity index is 2.22. The highest BCUT2D eigenvalue weighted by atomic mass is 32.2. The minimum absolute atomic E-state index is 0.764. The van der Waals surface area contributed by atoms with Gasteiger partial charge < -0.3 is 15.1 Å². The third-order valence-electron chi connectivity index (χ3n) is 4.18. The van der Waals surface area contributed by atoms with E-state index in [1.807, 2.05) is 7.05 Å². The van der Waals surface area contributed by atoms with Gasteiger partial charge in [0.15, 0.2) is 5.96 Å². The van der Waals surface area contributed by atoms with Gasteiger partial charge in [0.1, 0.15) is 0 Å². The van der Waals surface area contributed by atoms with Crippen LogP contribution in [0, 0.1) is 0 Å². The van der Waals surface area contributed by atoms with Gasteiger partial charge in [-0.1, -0.05) is 20.8 Å². The molecule has 1 rings (SSSR count). The van der Waals surface area contributed by atoms with E-state index in [-0.39, 0.29) is 0 Å². The van der Waals surface area contributed by atoms with E-state index in [9.17, 15) is 0 Å². The summed E-state index contributed by atoms with van der Waals surface area (Å²) in [6.07, 6.45) is 3.73. The van der Waals surface area contributed by atoms with Gasteiger partial charge in [0.05, 0.1) is 0 Å². The third kappa shape index (κ3) is 6.92. The fourth-order valence-electron chi connectivity index (χ4n) is 2.69. The molecule has 1 N–H and O–H groups in total. The van der Waals surface area contributed by atoms with Crippen LogP contribution in [0.4, 0.5) is 0 Å². The van der Waals surface area contributed by atoms with Crippen LogP contribution in [0.1, 0.15) is 40.0 Å². The van der Waals surface area contributed by atoms with Crippen LogP contribution in [0.5, 0.6) is 0 Å². The summed E-state index contributed by atoms with van der Waals surface area (Å²) in [6.45, 7) is 13.6. The summed E-state index contributed by atoms with van der Waals surface area (Å²) in [4.78, 5) is 9.37. The molecule has 0 spiro atoms. The van der Waals surface area contributed by atoms with Crippen molar-refractivity contribution in [3.8, 4) is 0 Å². The fraction of sp³-hybridized carbons (Fsp3) is 0.938. The summed E-state index contributed by atoms with van der Waals surface area (Å²) in [5.74, 6) is 2.32. The van der Waals surface area contributed by atoms with Crippen LogP contribution in [0.2, 0.25) is 0 Å². The van der Waals surface area contributed by atoms with Crippen molar-refractivity contribution in [1.82, 2.24) is 15.1 Å². The van der Waals surface area contributed by atoms with Crippen LogP contribution in [-0.4, -0.2) is 73.1 Å². The lowest BCUT2D eigenvalue weighted by atomic mass is 10.3. The van der Waals surface area contributed by atoms with E-state index in [1.165, 1.54) is 31.6 Å². The van der Waals surface area contributed by atoms with Crippen LogP contribution >= 0.6 is 11.8 Å². The van der Waals surface area contributed by atoms with Crippen molar-refractivity contribution in [2.45, 2.75) is 45.3 Å². The van der Waals surface area contributed by atoms with Crippen LogP contribution in [-0.2, 0) is 0 Å². The molecule has 21 heavy (non-hydrogen) atoms. The van der Waals surface area contributed by atoms with E-state index in [2.05, 4.69) is 52.6 Å². The summed E-state index contributed by atoms with van der Waals surface area (Å²) in [5, 5.41) is 4.31. The third-order valence-corrected chi connectivity index (χ3v) is 5.56. The summed E-state index contributed by atoms with van der Waals surface area (Å²) in [6, 6.07) is 0. The number of nitrogens with zero attached hydrogens (tertiary/aromatic N) is 3. The topological polar surface area (TPSA) is 30.9 Å². The van der Waals surface area contributed by atoms with Gasteiger partial charge in [-0.25, -0.2) is 0 Å². The lowest BCUT2D eigenvalue weighted by molar-refractivity contribution is 0.296. The summed E-state index contributed by atoms with van der Waals surface area (Å²) < 4.78 is 0. The lowest BCUT2D eigenvalue weighted by Crippen LogP contribution is -2.48. The Morgan fingerprint density at radius 3 is 2.67 bits per heavy atom. The van der Waals surface area contributed by atoms with E-state index in [0.29, 0.717) is 0 Å². The zero-order valence-corrected chi connectivity index (χ0v) is 15.2. The summed E-state index contributed by atoms with van der Waals surface area (Å²) >= 11 is 2.11. The van der Waals surface area contributed by atoms with Gasteiger partial charge in [0.25, 0.3) is 0 Å². The SMILES string of the molecule is CCC1CN(C(=NC)NCCCCN(CC)CC)CCS1. The highest BCUT2D eigenvalue weighted by Crippen LogP contribution is 2.20. The van der Waals surface area contributed by atoms with Crippen molar-refractivity contribution in [1.29, 1.82) is 0 Å². The van der Waals surface area contributed by atoms with Gasteiger partial charge in [0, 0.05) is 37.7 Å². The molecule has 0 aromatic heterocycles. The Kier molecular flexibility index (Phi) is 9.92. The molecule has 5 heteroatoms. The Labute approximate surface area is 135 Å². The molecule has 0 amide bonds. The van der Waals surface area contributed by atoms with Crippen LogP contribution in [0.15, 0.2) is 4.99 Å². The number of guanidine groups is 1. The first-order valence-corrected chi connectivity index (χ1v) is 9.59. The predicted octanol–water partition coefficient (Wildman–Crippen LogP) is 2.51. The standard InChI is InChI=1S/C16H34N4S/c1-5-15-14-20(12-13-21-15)16(17-4)18-10-8-9-11-19(6-2)7-3/h15H,5-14H2,1-4H3,(H,17,18). The smallest absolute Gasteiger partial charge is 0.193 e. The van der Waals surface area contributed by atoms with Crippen molar-refractivity contribution < 1.29 is 0 Å². The van der Waals surface area contributed by atoms with Gasteiger partial charge in [0.2, 0.25) is 0 Å². The molecule has 1 heterocycles. The van der Waals surface area contributed by atoms with Crippen molar-refractivity contribution >= 4 is 17.7 Å². The molecule has 0 bridgehead atoms. The molecule has 1 atom stereocenters. The quantitative estimate of drug-likeness (QED) is 0.424. The van der Waals surface area contributed by atoms with Gasteiger partial charge in [-0.15, -0.1) is 0 Å². The molecule has 124 valence electrons. The second-order valence-electron chi connectivity index (χ2n) is 5.56. The first-order chi connectivity index (χ1) is 10.2. The zero-order valence-electron chi connectivity index (χ0n) is 14.4. The van der Waals surface area contributed by atoms with E-state index in [0.717, 1.165) is 43.9 Å². The number of hydrogen-bond acceptors (Lipinski definition) is 3. The maximum atomic E-state index is 4.46. The molecule has 0 aliphatic carbocycles. The number of thioether (sulfide) groups is 1. The van der Waals surface area contributed by atoms with E-state index >= 15 is 0 Å². The molecular weight excluding hydrogens is 280 g/mol. The molecule has 0 aromatic carbocycles. The molecular formula is C16H34N4S. The fourth-order valence-corrected chi connectivity index (χ4v) is 3.87. The van der Waals surface area contributed by atoms with Crippen LogP contribution in [0.25, 0.3) is 0 Å². The molecule has 0 saturated carbocycles. The first kappa shape index (κ1) is 18.6.